The summed E-state index contributed by atoms with van der Waals surface area (Å²) in [6, 6.07) is 10.8. The third kappa shape index (κ3) is 3.60. The lowest BCUT2D eigenvalue weighted by Crippen LogP contribution is -2.31. The SMILES string of the molecule is CC(NC(=O)COc1cccc2c1CCC2=O)c1ccc2c(c1)OCCO2. The van der Waals surface area contributed by atoms with Gasteiger partial charge in [0.25, 0.3) is 5.91 Å². The summed E-state index contributed by atoms with van der Waals surface area (Å²) < 4.78 is 16.8. The number of Topliss-reactive ketones (excluding diaryl/α,β-unsaturated/α-hetero) is 1. The van der Waals surface area contributed by atoms with Crippen molar-refractivity contribution in [1.29, 1.82) is 0 Å². The van der Waals surface area contributed by atoms with Crippen LogP contribution in [0, 0.1) is 0 Å². The molecule has 1 unspecified atom stereocenters. The van der Waals surface area contributed by atoms with Crippen molar-refractivity contribution in [3.63, 3.8) is 0 Å². The minimum absolute atomic E-state index is 0.0977. The molecule has 2 aromatic carbocycles. The molecule has 0 fully saturated rings. The van der Waals surface area contributed by atoms with Gasteiger partial charge in [-0.2, -0.15) is 0 Å². The molecule has 1 aliphatic carbocycles. The second-order valence-electron chi connectivity index (χ2n) is 6.69. The molecule has 0 aromatic heterocycles. The van der Waals surface area contributed by atoms with Crippen LogP contribution in [0.15, 0.2) is 36.4 Å². The number of rotatable bonds is 5. The molecule has 1 amide bonds. The molecule has 1 heterocycles. The molecule has 2 aliphatic rings. The van der Waals surface area contributed by atoms with Crippen molar-refractivity contribution >= 4 is 11.7 Å². The Balaban J connectivity index is 1.37. The first-order valence-electron chi connectivity index (χ1n) is 9.08. The van der Waals surface area contributed by atoms with E-state index < -0.39 is 0 Å². The van der Waals surface area contributed by atoms with E-state index in [-0.39, 0.29) is 24.3 Å². The van der Waals surface area contributed by atoms with Gasteiger partial charge in [-0.1, -0.05) is 18.2 Å². The van der Waals surface area contributed by atoms with Gasteiger partial charge in [-0.25, -0.2) is 0 Å². The summed E-state index contributed by atoms with van der Waals surface area (Å²) in [5.74, 6) is 1.94. The maximum Gasteiger partial charge on any atom is 0.258 e. The maximum atomic E-state index is 12.3. The monoisotopic (exact) mass is 367 g/mol. The Bertz CT molecular complexity index is 892. The Morgan fingerprint density at radius 1 is 1.15 bits per heavy atom. The van der Waals surface area contributed by atoms with Crippen LogP contribution in [0.2, 0.25) is 0 Å². The largest absolute Gasteiger partial charge is 0.486 e. The van der Waals surface area contributed by atoms with E-state index in [1.54, 1.807) is 12.1 Å². The van der Waals surface area contributed by atoms with Gasteiger partial charge < -0.3 is 19.5 Å². The second kappa shape index (κ2) is 7.31. The first-order valence-corrected chi connectivity index (χ1v) is 9.08. The lowest BCUT2D eigenvalue weighted by atomic mass is 10.1. The molecule has 0 spiro atoms. The predicted molar refractivity (Wildman–Crippen MR) is 98.6 cm³/mol. The van der Waals surface area contributed by atoms with E-state index in [0.29, 0.717) is 43.1 Å². The highest BCUT2D eigenvalue weighted by molar-refractivity contribution is 6.01. The summed E-state index contributed by atoms with van der Waals surface area (Å²) in [7, 11) is 0. The van der Waals surface area contributed by atoms with Crippen LogP contribution in [0.1, 0.15) is 40.9 Å². The molecular weight excluding hydrogens is 346 g/mol. The number of carbonyl (C=O) groups excluding carboxylic acids is 2. The van der Waals surface area contributed by atoms with Crippen LogP contribution in [0.25, 0.3) is 0 Å². The van der Waals surface area contributed by atoms with Crippen LogP contribution in [0.4, 0.5) is 0 Å². The van der Waals surface area contributed by atoms with Gasteiger partial charge >= 0.3 is 0 Å². The average Bonchev–Trinajstić information content (AvgIpc) is 3.07. The maximum absolute atomic E-state index is 12.3. The number of nitrogens with one attached hydrogen (secondary N) is 1. The molecular formula is C21H21NO5. The van der Waals surface area contributed by atoms with Gasteiger partial charge in [0.1, 0.15) is 19.0 Å². The molecule has 0 saturated heterocycles. The number of fused-ring (bicyclic) bond motifs is 2. The number of ketones is 1. The molecule has 140 valence electrons. The fourth-order valence-corrected chi connectivity index (χ4v) is 3.43. The summed E-state index contributed by atoms with van der Waals surface area (Å²) in [5.41, 5.74) is 2.53. The average molecular weight is 367 g/mol. The highest BCUT2D eigenvalue weighted by Gasteiger charge is 2.23. The number of carbonyl (C=O) groups is 2. The van der Waals surface area contributed by atoms with E-state index >= 15 is 0 Å². The predicted octanol–water partition coefficient (Wildman–Crippen LogP) is 2.84. The Morgan fingerprint density at radius 3 is 2.81 bits per heavy atom. The third-order valence-corrected chi connectivity index (χ3v) is 4.84. The lowest BCUT2D eigenvalue weighted by molar-refractivity contribution is -0.123. The van der Waals surface area contributed by atoms with Crippen LogP contribution in [-0.4, -0.2) is 31.5 Å². The fourth-order valence-electron chi connectivity index (χ4n) is 3.43. The highest BCUT2D eigenvalue weighted by atomic mass is 16.6. The van der Waals surface area contributed by atoms with Crippen molar-refractivity contribution in [2.75, 3.05) is 19.8 Å². The van der Waals surface area contributed by atoms with Crippen molar-refractivity contribution < 1.29 is 23.8 Å². The van der Waals surface area contributed by atoms with Crippen LogP contribution in [-0.2, 0) is 11.2 Å². The van der Waals surface area contributed by atoms with Crippen molar-refractivity contribution in [2.24, 2.45) is 0 Å². The van der Waals surface area contributed by atoms with Gasteiger partial charge in [0.2, 0.25) is 0 Å². The third-order valence-electron chi connectivity index (χ3n) is 4.84. The lowest BCUT2D eigenvalue weighted by Gasteiger charge is -2.21. The van der Waals surface area contributed by atoms with E-state index in [4.69, 9.17) is 14.2 Å². The molecule has 6 nitrogen and oxygen atoms in total. The van der Waals surface area contributed by atoms with E-state index in [1.165, 1.54) is 0 Å². The molecule has 1 aliphatic heterocycles. The smallest absolute Gasteiger partial charge is 0.258 e. The summed E-state index contributed by atoms with van der Waals surface area (Å²) in [6.07, 6.45) is 1.17. The minimum atomic E-state index is -0.223. The van der Waals surface area contributed by atoms with Gasteiger partial charge in [0, 0.05) is 17.5 Å². The quantitative estimate of drug-likeness (QED) is 0.880. The molecule has 0 bridgehead atoms. The molecule has 2 aromatic rings. The molecule has 1 N–H and O–H groups in total. The van der Waals surface area contributed by atoms with Crippen LogP contribution in [0.3, 0.4) is 0 Å². The van der Waals surface area contributed by atoms with E-state index in [1.807, 2.05) is 31.2 Å². The fraction of sp³-hybridized carbons (Fsp3) is 0.333. The zero-order valence-corrected chi connectivity index (χ0v) is 15.1. The summed E-state index contributed by atoms with van der Waals surface area (Å²) >= 11 is 0. The Hall–Kier alpha value is -3.02. The van der Waals surface area contributed by atoms with Gasteiger partial charge in [0.15, 0.2) is 23.9 Å². The van der Waals surface area contributed by atoms with E-state index in [0.717, 1.165) is 16.9 Å². The van der Waals surface area contributed by atoms with Gasteiger partial charge in [0.05, 0.1) is 6.04 Å². The van der Waals surface area contributed by atoms with Crippen molar-refractivity contribution in [2.45, 2.75) is 25.8 Å². The topological polar surface area (TPSA) is 73.9 Å². The van der Waals surface area contributed by atoms with Crippen molar-refractivity contribution in [3.8, 4) is 17.2 Å². The van der Waals surface area contributed by atoms with Gasteiger partial charge in [-0.05, 0) is 37.1 Å². The van der Waals surface area contributed by atoms with E-state index in [9.17, 15) is 9.59 Å². The molecule has 4 rings (SSSR count). The zero-order chi connectivity index (χ0) is 18.8. The van der Waals surface area contributed by atoms with Gasteiger partial charge in [-0.3, -0.25) is 9.59 Å². The summed E-state index contributed by atoms with van der Waals surface area (Å²) in [4.78, 5) is 24.1. The highest BCUT2D eigenvalue weighted by Crippen LogP contribution is 2.33. The first kappa shape index (κ1) is 17.4. The zero-order valence-electron chi connectivity index (χ0n) is 15.1. The van der Waals surface area contributed by atoms with Crippen molar-refractivity contribution in [1.82, 2.24) is 5.32 Å². The molecule has 6 heteroatoms. The Labute approximate surface area is 157 Å². The number of amides is 1. The van der Waals surface area contributed by atoms with E-state index in [2.05, 4.69) is 5.32 Å². The second-order valence-corrected chi connectivity index (χ2v) is 6.69. The molecule has 0 saturated carbocycles. The Morgan fingerprint density at radius 2 is 1.96 bits per heavy atom. The number of hydrogen-bond donors (Lipinski definition) is 1. The first-order chi connectivity index (χ1) is 13.1. The molecule has 27 heavy (non-hydrogen) atoms. The number of hydrogen-bond acceptors (Lipinski definition) is 5. The minimum Gasteiger partial charge on any atom is -0.486 e. The molecule has 1 atom stereocenters. The van der Waals surface area contributed by atoms with Crippen LogP contribution in [0.5, 0.6) is 17.2 Å². The van der Waals surface area contributed by atoms with Crippen LogP contribution < -0.4 is 19.5 Å². The normalized spacial score (nSPS) is 15.8. The number of ether oxygens (including phenoxy) is 3. The molecule has 0 radical (unpaired) electrons. The Kier molecular flexibility index (Phi) is 4.71. The standard InChI is InChI=1S/C21H21NO5/c1-13(14-5-8-19-20(11-14)26-10-9-25-19)22-21(24)12-27-18-4-2-3-15-16(18)6-7-17(15)23/h2-5,8,11,13H,6-7,9-10,12H2,1H3,(H,22,24). The van der Waals surface area contributed by atoms with Crippen LogP contribution >= 0.6 is 0 Å². The summed E-state index contributed by atoms with van der Waals surface area (Å²) in [5, 5.41) is 2.92. The van der Waals surface area contributed by atoms with Gasteiger partial charge in [-0.15, -0.1) is 0 Å². The summed E-state index contributed by atoms with van der Waals surface area (Å²) in [6.45, 7) is 2.88. The number of benzene rings is 2. The van der Waals surface area contributed by atoms with Crippen molar-refractivity contribution in [3.05, 3.63) is 53.1 Å².